The van der Waals surface area contributed by atoms with Crippen molar-refractivity contribution in [3.05, 3.63) is 64.7 Å². The number of carbonyl (C=O) groups excluding carboxylic acids is 2. The maximum atomic E-state index is 12.6. The molecule has 1 heterocycles. The zero-order valence-electron chi connectivity index (χ0n) is 14.4. The SMILES string of the molecule is CC1(C)OC(=O)C(=Cc2ccc(S(=O)(=O)c3ccc(Cl)cc3)cc2)C(=O)O1. The van der Waals surface area contributed by atoms with Crippen molar-refractivity contribution in [2.24, 2.45) is 0 Å². The van der Waals surface area contributed by atoms with Crippen molar-refractivity contribution in [1.82, 2.24) is 0 Å². The fourth-order valence-electron chi connectivity index (χ4n) is 2.44. The van der Waals surface area contributed by atoms with E-state index in [0.717, 1.165) is 0 Å². The van der Waals surface area contributed by atoms with E-state index in [1.165, 1.54) is 68.5 Å². The number of halogens is 1. The van der Waals surface area contributed by atoms with Gasteiger partial charge in [-0.25, -0.2) is 18.0 Å². The molecule has 1 aliphatic rings. The van der Waals surface area contributed by atoms with Gasteiger partial charge in [0.05, 0.1) is 9.79 Å². The van der Waals surface area contributed by atoms with Gasteiger partial charge in [0.25, 0.3) is 5.79 Å². The maximum Gasteiger partial charge on any atom is 0.348 e. The molecule has 6 nitrogen and oxygen atoms in total. The number of benzene rings is 2. The van der Waals surface area contributed by atoms with Crippen LogP contribution in [0.5, 0.6) is 0 Å². The number of cyclic esters (lactones) is 2. The summed E-state index contributed by atoms with van der Waals surface area (Å²) in [7, 11) is -3.71. The van der Waals surface area contributed by atoms with E-state index in [1.807, 2.05) is 0 Å². The van der Waals surface area contributed by atoms with E-state index in [9.17, 15) is 18.0 Å². The minimum absolute atomic E-state index is 0.0712. The summed E-state index contributed by atoms with van der Waals surface area (Å²) in [6, 6.07) is 11.6. The van der Waals surface area contributed by atoms with Gasteiger partial charge < -0.3 is 9.47 Å². The Labute approximate surface area is 161 Å². The zero-order chi connectivity index (χ0) is 19.8. The van der Waals surface area contributed by atoms with Gasteiger partial charge >= 0.3 is 11.9 Å². The number of ether oxygens (including phenoxy) is 2. The van der Waals surface area contributed by atoms with Gasteiger partial charge in [-0.1, -0.05) is 23.7 Å². The summed E-state index contributed by atoms with van der Waals surface area (Å²) in [4.78, 5) is 24.1. The first-order valence-electron chi connectivity index (χ1n) is 7.88. The van der Waals surface area contributed by atoms with Crippen LogP contribution in [-0.4, -0.2) is 26.1 Å². The minimum atomic E-state index is -3.71. The molecule has 2 aromatic rings. The van der Waals surface area contributed by atoms with Crippen molar-refractivity contribution in [2.45, 2.75) is 29.4 Å². The molecular formula is C19H15ClO6S. The first-order valence-corrected chi connectivity index (χ1v) is 9.74. The fraction of sp³-hybridized carbons (Fsp3) is 0.158. The predicted octanol–water partition coefficient (Wildman–Crippen LogP) is 3.39. The highest BCUT2D eigenvalue weighted by atomic mass is 35.5. The summed E-state index contributed by atoms with van der Waals surface area (Å²) >= 11 is 5.79. The molecule has 0 amide bonds. The average Bonchev–Trinajstić information content (AvgIpc) is 2.58. The van der Waals surface area contributed by atoms with E-state index in [1.54, 1.807) is 0 Å². The summed E-state index contributed by atoms with van der Waals surface area (Å²) < 4.78 is 35.3. The van der Waals surface area contributed by atoms with Crippen LogP contribution in [-0.2, 0) is 28.9 Å². The third kappa shape index (κ3) is 4.04. The van der Waals surface area contributed by atoms with Crippen molar-refractivity contribution in [3.8, 4) is 0 Å². The smallest absolute Gasteiger partial charge is 0.348 e. The second kappa shape index (κ2) is 6.83. The lowest BCUT2D eigenvalue weighted by Gasteiger charge is -2.29. The van der Waals surface area contributed by atoms with Gasteiger partial charge in [0.1, 0.15) is 5.57 Å². The standard InChI is InChI=1S/C19H15ClO6S/c1-19(2)25-17(21)16(18(22)26-19)11-12-3-7-14(8-4-12)27(23,24)15-9-5-13(20)6-10-15/h3-11H,1-2H3. The van der Waals surface area contributed by atoms with E-state index < -0.39 is 27.6 Å². The summed E-state index contributed by atoms with van der Waals surface area (Å²) in [5, 5.41) is 0.436. The van der Waals surface area contributed by atoms with Crippen LogP contribution >= 0.6 is 11.6 Å². The number of carbonyl (C=O) groups is 2. The number of hydrogen-bond acceptors (Lipinski definition) is 6. The Balaban J connectivity index is 1.89. The Morgan fingerprint density at radius 3 is 1.78 bits per heavy atom. The molecule has 0 spiro atoms. The zero-order valence-corrected chi connectivity index (χ0v) is 16.0. The molecule has 140 valence electrons. The number of esters is 2. The highest BCUT2D eigenvalue weighted by Crippen LogP contribution is 2.26. The van der Waals surface area contributed by atoms with Crippen molar-refractivity contribution in [3.63, 3.8) is 0 Å². The van der Waals surface area contributed by atoms with Gasteiger partial charge in [0, 0.05) is 18.9 Å². The minimum Gasteiger partial charge on any atom is -0.419 e. The molecule has 0 N–H and O–H groups in total. The molecular weight excluding hydrogens is 392 g/mol. The normalized spacial score (nSPS) is 16.5. The van der Waals surface area contributed by atoms with Crippen LogP contribution in [0.1, 0.15) is 19.4 Å². The van der Waals surface area contributed by atoms with E-state index in [0.29, 0.717) is 10.6 Å². The maximum absolute atomic E-state index is 12.6. The molecule has 0 saturated carbocycles. The number of rotatable bonds is 3. The van der Waals surface area contributed by atoms with Crippen molar-refractivity contribution >= 4 is 39.5 Å². The Morgan fingerprint density at radius 1 is 0.852 bits per heavy atom. The van der Waals surface area contributed by atoms with Crippen LogP contribution in [0.4, 0.5) is 0 Å². The summed E-state index contributed by atoms with van der Waals surface area (Å²) in [5.41, 5.74) is 0.191. The molecule has 0 aliphatic carbocycles. The molecule has 0 bridgehead atoms. The molecule has 0 radical (unpaired) electrons. The van der Waals surface area contributed by atoms with E-state index in [4.69, 9.17) is 21.1 Å². The lowest BCUT2D eigenvalue weighted by atomic mass is 10.1. The third-order valence-corrected chi connectivity index (χ3v) is 5.78. The molecule has 1 fully saturated rings. The number of hydrogen-bond donors (Lipinski definition) is 0. The molecule has 8 heteroatoms. The second-order valence-corrected chi connectivity index (χ2v) is 8.65. The fourth-order valence-corrected chi connectivity index (χ4v) is 3.83. The van der Waals surface area contributed by atoms with Crippen molar-refractivity contribution in [1.29, 1.82) is 0 Å². The van der Waals surface area contributed by atoms with E-state index in [-0.39, 0.29) is 15.4 Å². The second-order valence-electron chi connectivity index (χ2n) is 6.26. The van der Waals surface area contributed by atoms with Crippen LogP contribution < -0.4 is 0 Å². The molecule has 2 aromatic carbocycles. The monoisotopic (exact) mass is 406 g/mol. The van der Waals surface area contributed by atoms with Crippen LogP contribution in [0.3, 0.4) is 0 Å². The summed E-state index contributed by atoms with van der Waals surface area (Å²) in [5.74, 6) is -2.91. The Morgan fingerprint density at radius 2 is 1.30 bits per heavy atom. The van der Waals surface area contributed by atoms with Gasteiger partial charge in [-0.15, -0.1) is 0 Å². The highest BCUT2D eigenvalue weighted by Gasteiger charge is 2.38. The van der Waals surface area contributed by atoms with E-state index >= 15 is 0 Å². The molecule has 0 aromatic heterocycles. The quantitative estimate of drug-likeness (QED) is 0.441. The number of sulfone groups is 1. The first-order chi connectivity index (χ1) is 12.6. The Bertz CT molecular complexity index is 1010. The molecule has 0 atom stereocenters. The van der Waals surface area contributed by atoms with Gasteiger partial charge in [-0.2, -0.15) is 0 Å². The molecule has 0 unspecified atom stereocenters. The van der Waals surface area contributed by atoms with Crippen LogP contribution in [0, 0.1) is 0 Å². The summed E-state index contributed by atoms with van der Waals surface area (Å²) in [6.07, 6.45) is 1.29. The Kier molecular flexibility index (Phi) is 4.84. The van der Waals surface area contributed by atoms with Gasteiger partial charge in [0.15, 0.2) is 0 Å². The topological polar surface area (TPSA) is 86.7 Å². The molecule has 27 heavy (non-hydrogen) atoms. The molecule has 1 saturated heterocycles. The predicted molar refractivity (Wildman–Crippen MR) is 97.6 cm³/mol. The lowest BCUT2D eigenvalue weighted by Crippen LogP contribution is -2.41. The van der Waals surface area contributed by atoms with E-state index in [2.05, 4.69) is 0 Å². The molecule has 1 aliphatic heterocycles. The molecule has 3 rings (SSSR count). The lowest BCUT2D eigenvalue weighted by molar-refractivity contribution is -0.222. The van der Waals surface area contributed by atoms with Gasteiger partial charge in [0.2, 0.25) is 9.84 Å². The highest BCUT2D eigenvalue weighted by molar-refractivity contribution is 7.91. The third-order valence-electron chi connectivity index (χ3n) is 3.74. The summed E-state index contributed by atoms with van der Waals surface area (Å²) in [6.45, 7) is 2.91. The average molecular weight is 407 g/mol. The van der Waals surface area contributed by atoms with Gasteiger partial charge in [-0.05, 0) is 48.0 Å². The van der Waals surface area contributed by atoms with Crippen LogP contribution in [0.15, 0.2) is 63.9 Å². The van der Waals surface area contributed by atoms with Gasteiger partial charge in [-0.3, -0.25) is 0 Å². The largest absolute Gasteiger partial charge is 0.419 e. The van der Waals surface area contributed by atoms with Crippen LogP contribution in [0.2, 0.25) is 5.02 Å². The van der Waals surface area contributed by atoms with Crippen LogP contribution in [0.25, 0.3) is 6.08 Å². The Hall–Kier alpha value is -2.64. The first kappa shape index (κ1) is 19.1. The van der Waals surface area contributed by atoms with Crippen molar-refractivity contribution in [2.75, 3.05) is 0 Å². The van der Waals surface area contributed by atoms with Crippen molar-refractivity contribution < 1.29 is 27.5 Å².